The van der Waals surface area contributed by atoms with Gasteiger partial charge in [-0.3, -0.25) is 0 Å². The van der Waals surface area contributed by atoms with Gasteiger partial charge in [-0.15, -0.1) is 0 Å². The van der Waals surface area contributed by atoms with Gasteiger partial charge < -0.3 is 9.72 Å². The Balaban J connectivity index is 2.44. The number of pyridine rings is 1. The molecule has 2 rings (SSSR count). The molecule has 0 radical (unpaired) electrons. The number of fused-ring (bicyclic) bond motifs is 1. The number of aromatic nitrogens is 2. The van der Waals surface area contributed by atoms with E-state index in [-0.39, 0.29) is 0 Å². The number of hydrogen-bond acceptors (Lipinski definition) is 2. The molecule has 80 valence electrons. The zero-order valence-corrected chi connectivity index (χ0v) is 9.54. The number of hydrogen-bond donors (Lipinski definition) is 1. The summed E-state index contributed by atoms with van der Waals surface area (Å²) in [5, 5.41) is 3.15. The summed E-state index contributed by atoms with van der Waals surface area (Å²) in [6.07, 6.45) is 3.08. The van der Waals surface area contributed by atoms with Crippen LogP contribution in [0.25, 0.3) is 5.65 Å². The molecule has 0 aliphatic carbocycles. The molecule has 0 atom stereocenters. The standard InChI is InChI=1S/C12H17N3/c1-9-5-7-15-10(2)11(4-6-13-3)14-12(15)8-9/h5,7-8,13H,4,6H2,1-3H3. The van der Waals surface area contributed by atoms with Crippen molar-refractivity contribution in [2.45, 2.75) is 20.3 Å². The van der Waals surface area contributed by atoms with E-state index in [1.807, 2.05) is 7.05 Å². The van der Waals surface area contributed by atoms with Crippen LogP contribution in [0.2, 0.25) is 0 Å². The summed E-state index contributed by atoms with van der Waals surface area (Å²) in [5.41, 5.74) is 4.75. The van der Waals surface area contributed by atoms with Crippen molar-refractivity contribution >= 4 is 5.65 Å². The topological polar surface area (TPSA) is 29.3 Å². The molecule has 0 aromatic carbocycles. The van der Waals surface area contributed by atoms with Crippen molar-refractivity contribution in [3.8, 4) is 0 Å². The Hall–Kier alpha value is -1.35. The molecule has 3 heteroatoms. The summed E-state index contributed by atoms with van der Waals surface area (Å²) in [6, 6.07) is 4.24. The summed E-state index contributed by atoms with van der Waals surface area (Å²) >= 11 is 0. The van der Waals surface area contributed by atoms with Crippen LogP contribution in [0.1, 0.15) is 17.0 Å². The van der Waals surface area contributed by atoms with E-state index in [9.17, 15) is 0 Å². The smallest absolute Gasteiger partial charge is 0.137 e. The quantitative estimate of drug-likeness (QED) is 0.823. The van der Waals surface area contributed by atoms with Gasteiger partial charge in [-0.05, 0) is 38.6 Å². The molecule has 0 bridgehead atoms. The lowest BCUT2D eigenvalue weighted by atomic mass is 10.2. The largest absolute Gasteiger partial charge is 0.319 e. The van der Waals surface area contributed by atoms with Gasteiger partial charge in [-0.2, -0.15) is 0 Å². The molecule has 2 heterocycles. The van der Waals surface area contributed by atoms with Crippen LogP contribution in [0.4, 0.5) is 0 Å². The summed E-state index contributed by atoms with van der Waals surface area (Å²) in [7, 11) is 1.97. The minimum atomic E-state index is 0.976. The van der Waals surface area contributed by atoms with Gasteiger partial charge >= 0.3 is 0 Å². The molecular formula is C12H17N3. The molecule has 2 aromatic rings. The minimum absolute atomic E-state index is 0.976. The van der Waals surface area contributed by atoms with Crippen molar-refractivity contribution in [1.82, 2.24) is 14.7 Å². The van der Waals surface area contributed by atoms with E-state index in [0.717, 1.165) is 18.6 Å². The van der Waals surface area contributed by atoms with Crippen LogP contribution in [0.15, 0.2) is 18.3 Å². The highest BCUT2D eigenvalue weighted by Crippen LogP contribution is 2.13. The second-order valence-electron chi connectivity index (χ2n) is 3.93. The lowest BCUT2D eigenvalue weighted by Gasteiger charge is -1.98. The van der Waals surface area contributed by atoms with Crippen molar-refractivity contribution in [1.29, 1.82) is 0 Å². The Morgan fingerprint density at radius 2 is 2.20 bits per heavy atom. The molecule has 0 spiro atoms. The molecule has 3 nitrogen and oxygen atoms in total. The van der Waals surface area contributed by atoms with Gasteiger partial charge in [0.25, 0.3) is 0 Å². The fourth-order valence-electron chi connectivity index (χ4n) is 1.80. The average Bonchev–Trinajstić information content (AvgIpc) is 2.52. The van der Waals surface area contributed by atoms with Crippen LogP contribution in [0, 0.1) is 13.8 Å². The van der Waals surface area contributed by atoms with Gasteiger partial charge in [-0.1, -0.05) is 0 Å². The molecule has 0 saturated heterocycles. The van der Waals surface area contributed by atoms with Gasteiger partial charge in [0.05, 0.1) is 5.69 Å². The molecule has 1 N–H and O–H groups in total. The number of nitrogens with one attached hydrogen (secondary N) is 1. The van der Waals surface area contributed by atoms with E-state index in [0.29, 0.717) is 0 Å². The summed E-state index contributed by atoms with van der Waals surface area (Å²) in [4.78, 5) is 4.63. The minimum Gasteiger partial charge on any atom is -0.319 e. The first kappa shape index (κ1) is 10.2. The maximum absolute atomic E-state index is 4.63. The molecule has 0 saturated carbocycles. The summed E-state index contributed by atoms with van der Waals surface area (Å²) < 4.78 is 2.15. The van der Waals surface area contributed by atoms with Crippen molar-refractivity contribution in [3.63, 3.8) is 0 Å². The third-order valence-electron chi connectivity index (χ3n) is 2.73. The van der Waals surface area contributed by atoms with Crippen molar-refractivity contribution in [2.24, 2.45) is 0 Å². The number of imidazole rings is 1. The molecule has 0 amide bonds. The number of nitrogens with zero attached hydrogens (tertiary/aromatic N) is 2. The third kappa shape index (κ3) is 1.88. The predicted octanol–water partition coefficient (Wildman–Crippen LogP) is 1.71. The van der Waals surface area contributed by atoms with E-state index in [1.54, 1.807) is 0 Å². The summed E-state index contributed by atoms with van der Waals surface area (Å²) in [5.74, 6) is 0. The zero-order chi connectivity index (χ0) is 10.8. The first-order valence-electron chi connectivity index (χ1n) is 5.31. The molecule has 0 aliphatic heterocycles. The Morgan fingerprint density at radius 1 is 1.40 bits per heavy atom. The average molecular weight is 203 g/mol. The third-order valence-corrected chi connectivity index (χ3v) is 2.73. The van der Waals surface area contributed by atoms with Crippen molar-refractivity contribution < 1.29 is 0 Å². The monoisotopic (exact) mass is 203 g/mol. The fraction of sp³-hybridized carbons (Fsp3) is 0.417. The first-order valence-corrected chi connectivity index (χ1v) is 5.31. The highest BCUT2D eigenvalue weighted by molar-refractivity contribution is 5.45. The van der Waals surface area contributed by atoms with Crippen LogP contribution in [-0.2, 0) is 6.42 Å². The van der Waals surface area contributed by atoms with Crippen LogP contribution in [0.5, 0.6) is 0 Å². The van der Waals surface area contributed by atoms with Crippen molar-refractivity contribution in [3.05, 3.63) is 35.3 Å². The van der Waals surface area contributed by atoms with Crippen LogP contribution in [-0.4, -0.2) is 23.0 Å². The Bertz CT molecular complexity index is 471. The van der Waals surface area contributed by atoms with E-state index in [2.05, 4.69) is 46.9 Å². The molecule has 2 aromatic heterocycles. The zero-order valence-electron chi connectivity index (χ0n) is 9.54. The fourth-order valence-corrected chi connectivity index (χ4v) is 1.80. The Labute approximate surface area is 90.1 Å². The Kier molecular flexibility index (Phi) is 2.73. The molecule has 0 fully saturated rings. The van der Waals surface area contributed by atoms with Gasteiger partial charge in [0, 0.05) is 24.9 Å². The maximum atomic E-state index is 4.63. The molecule has 0 aliphatic rings. The highest BCUT2D eigenvalue weighted by Gasteiger charge is 2.06. The Morgan fingerprint density at radius 3 is 2.93 bits per heavy atom. The van der Waals surface area contributed by atoms with Gasteiger partial charge in [0.1, 0.15) is 5.65 Å². The normalized spacial score (nSPS) is 11.1. The summed E-state index contributed by atoms with van der Waals surface area (Å²) in [6.45, 7) is 5.20. The van der Waals surface area contributed by atoms with Crippen molar-refractivity contribution in [2.75, 3.05) is 13.6 Å². The lowest BCUT2D eigenvalue weighted by molar-refractivity contribution is 0.776. The van der Waals surface area contributed by atoms with E-state index >= 15 is 0 Å². The number of likely N-dealkylation sites (N-methyl/N-ethyl adjacent to an activating group) is 1. The van der Waals surface area contributed by atoms with Gasteiger partial charge in [0.2, 0.25) is 0 Å². The highest BCUT2D eigenvalue weighted by atomic mass is 15.0. The molecule has 0 unspecified atom stereocenters. The van der Waals surface area contributed by atoms with E-state index in [4.69, 9.17) is 0 Å². The van der Waals surface area contributed by atoms with Crippen LogP contribution in [0.3, 0.4) is 0 Å². The maximum Gasteiger partial charge on any atom is 0.137 e. The number of aryl methyl sites for hydroxylation is 2. The second-order valence-corrected chi connectivity index (χ2v) is 3.93. The van der Waals surface area contributed by atoms with Gasteiger partial charge in [0.15, 0.2) is 0 Å². The van der Waals surface area contributed by atoms with Crippen LogP contribution < -0.4 is 5.32 Å². The van der Waals surface area contributed by atoms with E-state index < -0.39 is 0 Å². The van der Waals surface area contributed by atoms with Crippen LogP contribution >= 0.6 is 0 Å². The van der Waals surface area contributed by atoms with E-state index in [1.165, 1.54) is 17.0 Å². The SMILES string of the molecule is CNCCc1nc2cc(C)ccn2c1C. The number of rotatable bonds is 3. The lowest BCUT2D eigenvalue weighted by Crippen LogP contribution is -2.11. The second kappa shape index (κ2) is 4.03. The first-order chi connectivity index (χ1) is 7.22. The predicted molar refractivity (Wildman–Crippen MR) is 62.3 cm³/mol. The molecule has 15 heavy (non-hydrogen) atoms. The van der Waals surface area contributed by atoms with Gasteiger partial charge in [-0.25, -0.2) is 4.98 Å². The molecular weight excluding hydrogens is 186 g/mol.